The lowest BCUT2D eigenvalue weighted by Gasteiger charge is -2.39. The maximum Gasteiger partial charge on any atom is 0.338 e. The fourth-order valence-corrected chi connectivity index (χ4v) is 5.72. The first-order chi connectivity index (χ1) is 21.3. The molecule has 0 bridgehead atoms. The third-order valence-electron chi connectivity index (χ3n) is 8.54. The van der Waals surface area contributed by atoms with E-state index in [1.165, 1.54) is 0 Å². The normalized spacial score (nSPS) is 23.6. The molecule has 4 rings (SSSR count). The van der Waals surface area contributed by atoms with Gasteiger partial charge in [-0.2, -0.15) is 0 Å². The monoisotopic (exact) mass is 604 g/mol. The van der Waals surface area contributed by atoms with Gasteiger partial charge in [0, 0.05) is 13.0 Å². The number of ether oxygens (including phenoxy) is 1. The molecule has 2 aliphatic heterocycles. The van der Waals surface area contributed by atoms with E-state index in [9.17, 15) is 24.0 Å². The van der Waals surface area contributed by atoms with Crippen LogP contribution in [0, 0.1) is 5.92 Å². The van der Waals surface area contributed by atoms with Crippen LogP contribution < -0.4 is 16.0 Å². The van der Waals surface area contributed by atoms with Crippen LogP contribution in [-0.2, 0) is 30.3 Å². The molecule has 2 aliphatic rings. The van der Waals surface area contributed by atoms with Crippen molar-refractivity contribution in [2.75, 3.05) is 13.2 Å². The maximum atomic E-state index is 13.9. The summed E-state index contributed by atoms with van der Waals surface area (Å²) in [4.78, 5) is 68.8. The molecule has 3 N–H and O–H groups in total. The van der Waals surface area contributed by atoms with Crippen molar-refractivity contribution < 1.29 is 28.7 Å². The summed E-state index contributed by atoms with van der Waals surface area (Å²) < 4.78 is 5.37. The molecule has 2 heterocycles. The Morgan fingerprint density at radius 3 is 2.23 bits per heavy atom. The lowest BCUT2D eigenvalue weighted by atomic mass is 9.93. The number of carbonyl (C=O) groups excluding carboxylic acids is 5. The summed E-state index contributed by atoms with van der Waals surface area (Å²) in [6.07, 6.45) is 4.15. The van der Waals surface area contributed by atoms with Gasteiger partial charge in [0.1, 0.15) is 24.2 Å². The zero-order valence-corrected chi connectivity index (χ0v) is 25.6. The lowest BCUT2D eigenvalue weighted by molar-refractivity contribution is -0.147. The van der Waals surface area contributed by atoms with Gasteiger partial charge in [0.15, 0.2) is 0 Å². The zero-order chi connectivity index (χ0) is 31.5. The standard InChI is InChI=1S/C34H44N4O6/c1-3-23(2)29-33(42)38-20-12-10-19-28(38)32(41)35-26(18-11-13-21-44-34(43)25-16-8-5-9-17-25)30(39)36-27(31(40)37-29)22-24-14-6-4-7-15-24/h4-9,14-17,23,26-29H,3,10-13,18-22H2,1-2H3,(H,35,41)(H,36,39)(H,37,40)/t23-,26-,27+,28-,29-/m0/s1. The lowest BCUT2D eigenvalue weighted by Crippen LogP contribution is -2.64. The highest BCUT2D eigenvalue weighted by Gasteiger charge is 2.40. The number of fused-ring (bicyclic) bond motifs is 1. The molecular formula is C34H44N4O6. The molecule has 2 aromatic carbocycles. The number of hydrogen-bond acceptors (Lipinski definition) is 6. The minimum absolute atomic E-state index is 0.164. The van der Waals surface area contributed by atoms with Crippen molar-refractivity contribution in [2.45, 2.75) is 89.4 Å². The van der Waals surface area contributed by atoms with Gasteiger partial charge in [-0.05, 0) is 62.1 Å². The Morgan fingerprint density at radius 2 is 1.52 bits per heavy atom. The second-order valence-corrected chi connectivity index (χ2v) is 11.7. The second-order valence-electron chi connectivity index (χ2n) is 11.7. The number of piperidine rings is 1. The van der Waals surface area contributed by atoms with Crippen LogP contribution in [0.15, 0.2) is 60.7 Å². The topological polar surface area (TPSA) is 134 Å². The van der Waals surface area contributed by atoms with E-state index in [1.54, 1.807) is 29.2 Å². The zero-order valence-electron chi connectivity index (χ0n) is 25.6. The number of carbonyl (C=O) groups is 5. The first-order valence-corrected chi connectivity index (χ1v) is 15.8. The fourth-order valence-electron chi connectivity index (χ4n) is 5.72. The molecule has 0 radical (unpaired) electrons. The predicted molar refractivity (Wildman–Crippen MR) is 165 cm³/mol. The van der Waals surface area contributed by atoms with Crippen LogP contribution in [0.1, 0.15) is 74.7 Å². The van der Waals surface area contributed by atoms with Gasteiger partial charge in [-0.15, -0.1) is 0 Å². The summed E-state index contributed by atoms with van der Waals surface area (Å²) in [6, 6.07) is 14.6. The average molecular weight is 605 g/mol. The molecule has 2 fully saturated rings. The number of benzene rings is 2. The number of rotatable bonds is 10. The molecule has 5 atom stereocenters. The molecule has 0 saturated carbocycles. The van der Waals surface area contributed by atoms with E-state index in [4.69, 9.17) is 4.74 Å². The number of nitrogens with zero attached hydrogens (tertiary/aromatic N) is 1. The summed E-state index contributed by atoms with van der Waals surface area (Å²) in [5, 5.41) is 8.72. The van der Waals surface area contributed by atoms with Gasteiger partial charge in [0.2, 0.25) is 23.6 Å². The largest absolute Gasteiger partial charge is 0.462 e. The summed E-state index contributed by atoms with van der Waals surface area (Å²) in [5.41, 5.74) is 1.31. The molecule has 0 unspecified atom stereocenters. The third kappa shape index (κ3) is 8.67. The first kappa shape index (κ1) is 32.7. The van der Waals surface area contributed by atoms with Crippen LogP contribution >= 0.6 is 0 Å². The number of hydrogen-bond donors (Lipinski definition) is 3. The van der Waals surface area contributed by atoms with E-state index in [0.717, 1.165) is 18.4 Å². The van der Waals surface area contributed by atoms with Crippen LogP contribution in [-0.4, -0.2) is 71.8 Å². The smallest absolute Gasteiger partial charge is 0.338 e. The average Bonchev–Trinajstić information content (AvgIpc) is 3.05. The Morgan fingerprint density at radius 1 is 0.864 bits per heavy atom. The Hall–Kier alpha value is -4.21. The minimum atomic E-state index is -0.952. The minimum Gasteiger partial charge on any atom is -0.462 e. The van der Waals surface area contributed by atoms with E-state index in [2.05, 4.69) is 16.0 Å². The Bertz CT molecular complexity index is 1290. The number of unbranched alkanes of at least 4 members (excludes halogenated alkanes) is 1. The molecule has 4 amide bonds. The van der Waals surface area contributed by atoms with Crippen molar-refractivity contribution in [3.8, 4) is 0 Å². The van der Waals surface area contributed by atoms with Gasteiger partial charge in [-0.1, -0.05) is 68.8 Å². The van der Waals surface area contributed by atoms with Crippen LogP contribution in [0.2, 0.25) is 0 Å². The molecular weight excluding hydrogens is 560 g/mol. The second kappa shape index (κ2) is 16.0. The summed E-state index contributed by atoms with van der Waals surface area (Å²) in [7, 11) is 0. The predicted octanol–water partition coefficient (Wildman–Crippen LogP) is 3.15. The van der Waals surface area contributed by atoms with Gasteiger partial charge in [-0.25, -0.2) is 4.79 Å². The molecule has 0 aliphatic carbocycles. The van der Waals surface area contributed by atoms with Crippen molar-refractivity contribution in [1.82, 2.24) is 20.9 Å². The Balaban J connectivity index is 1.52. The molecule has 10 heteroatoms. The quantitative estimate of drug-likeness (QED) is 0.282. The summed E-state index contributed by atoms with van der Waals surface area (Å²) >= 11 is 0. The van der Waals surface area contributed by atoms with Gasteiger partial charge in [-0.3, -0.25) is 19.2 Å². The molecule has 0 aromatic heterocycles. The van der Waals surface area contributed by atoms with Crippen LogP contribution in [0.3, 0.4) is 0 Å². The third-order valence-corrected chi connectivity index (χ3v) is 8.54. The highest BCUT2D eigenvalue weighted by atomic mass is 16.5. The van der Waals surface area contributed by atoms with Crippen LogP contribution in [0.5, 0.6) is 0 Å². The van der Waals surface area contributed by atoms with E-state index >= 15 is 0 Å². The van der Waals surface area contributed by atoms with Crippen LogP contribution in [0.4, 0.5) is 0 Å². The fraction of sp³-hybridized carbons (Fsp3) is 0.500. The molecule has 2 aromatic rings. The van der Waals surface area contributed by atoms with E-state index in [1.807, 2.05) is 50.2 Å². The van der Waals surface area contributed by atoms with Gasteiger partial charge < -0.3 is 25.6 Å². The van der Waals surface area contributed by atoms with Gasteiger partial charge in [0.05, 0.1) is 12.2 Å². The maximum absolute atomic E-state index is 13.9. The van der Waals surface area contributed by atoms with Crippen molar-refractivity contribution in [2.24, 2.45) is 5.92 Å². The van der Waals surface area contributed by atoms with Crippen molar-refractivity contribution in [1.29, 1.82) is 0 Å². The first-order valence-electron chi connectivity index (χ1n) is 15.8. The highest BCUT2D eigenvalue weighted by molar-refractivity contribution is 5.98. The highest BCUT2D eigenvalue weighted by Crippen LogP contribution is 2.22. The van der Waals surface area contributed by atoms with E-state index in [-0.39, 0.29) is 37.2 Å². The van der Waals surface area contributed by atoms with Gasteiger partial charge >= 0.3 is 5.97 Å². The summed E-state index contributed by atoms with van der Waals surface area (Å²) in [6.45, 7) is 4.44. The Labute approximate surface area is 259 Å². The number of amides is 4. The molecule has 2 saturated heterocycles. The SMILES string of the molecule is CC[C@H](C)[C@@H]1NC(=O)[C@@H](Cc2ccccc2)NC(=O)[C@H](CCCCOC(=O)c2ccccc2)NC(=O)[C@@H]2CCCCN2C1=O. The molecule has 0 spiro atoms. The van der Waals surface area contributed by atoms with Crippen molar-refractivity contribution in [3.05, 3.63) is 71.8 Å². The molecule has 44 heavy (non-hydrogen) atoms. The number of esters is 1. The molecule has 10 nitrogen and oxygen atoms in total. The van der Waals surface area contributed by atoms with Crippen molar-refractivity contribution in [3.63, 3.8) is 0 Å². The molecule has 236 valence electrons. The van der Waals surface area contributed by atoms with Crippen molar-refractivity contribution >= 4 is 29.6 Å². The van der Waals surface area contributed by atoms with E-state index in [0.29, 0.717) is 37.8 Å². The van der Waals surface area contributed by atoms with E-state index < -0.39 is 42.0 Å². The number of nitrogens with one attached hydrogen (secondary N) is 3. The summed E-state index contributed by atoms with van der Waals surface area (Å²) in [5.74, 6) is -2.14. The van der Waals surface area contributed by atoms with Crippen LogP contribution in [0.25, 0.3) is 0 Å². The Kier molecular flexibility index (Phi) is 11.9. The van der Waals surface area contributed by atoms with Gasteiger partial charge in [0.25, 0.3) is 0 Å².